The Hall–Kier alpha value is -4.31. The molecule has 0 aliphatic carbocycles. The number of anilines is 2. The van der Waals surface area contributed by atoms with Crippen LogP contribution in [-0.2, 0) is 6.42 Å². The number of rotatable bonds is 6. The van der Waals surface area contributed by atoms with Crippen LogP contribution in [0.4, 0.5) is 11.6 Å². The average molecular weight is 489 g/mol. The van der Waals surface area contributed by atoms with Crippen LogP contribution in [0.25, 0.3) is 28.0 Å². The van der Waals surface area contributed by atoms with Gasteiger partial charge >= 0.3 is 0 Å². The smallest absolute Gasteiger partial charge is 0.267 e. The largest absolute Gasteiger partial charge is 0.420 e. The molecule has 3 heterocycles. The maximum Gasteiger partial charge on any atom is 0.267 e. The quantitative estimate of drug-likeness (QED) is 0.360. The lowest BCUT2D eigenvalue weighted by Crippen LogP contribution is -2.27. The molecule has 0 aliphatic rings. The summed E-state index contributed by atoms with van der Waals surface area (Å²) in [5.74, 6) is 1.68. The topological polar surface area (TPSA) is 138 Å². The van der Waals surface area contributed by atoms with Crippen LogP contribution in [0.15, 0.2) is 64.1 Å². The Morgan fingerprint density at radius 3 is 2.66 bits per heavy atom. The van der Waals surface area contributed by atoms with Crippen molar-refractivity contribution >= 4 is 34.1 Å². The molecule has 10 nitrogen and oxygen atoms in total. The molecule has 0 spiro atoms. The molecule has 1 atom stereocenters. The Bertz CT molecular complexity index is 1580. The number of hydrogen-bond acceptors (Lipinski definition) is 9. The van der Waals surface area contributed by atoms with Gasteiger partial charge < -0.3 is 15.5 Å². The van der Waals surface area contributed by atoms with Gasteiger partial charge in [-0.15, -0.1) is 10.2 Å². The van der Waals surface area contributed by atoms with E-state index in [1.165, 1.54) is 10.9 Å². The van der Waals surface area contributed by atoms with Gasteiger partial charge in [-0.3, -0.25) is 9.36 Å². The number of para-hydroxylation sites is 1. The van der Waals surface area contributed by atoms with Crippen LogP contribution in [0.1, 0.15) is 31.6 Å². The monoisotopic (exact) mass is 488 g/mol. The Kier molecular flexibility index (Phi) is 5.87. The predicted octanol–water partition coefficient (Wildman–Crippen LogP) is 4.20. The van der Waals surface area contributed by atoms with Crippen molar-refractivity contribution in [2.24, 2.45) is 0 Å². The van der Waals surface area contributed by atoms with E-state index in [2.05, 4.69) is 25.5 Å². The summed E-state index contributed by atoms with van der Waals surface area (Å²) in [6, 6.07) is 13.9. The normalized spacial score (nSPS) is 12.1. The van der Waals surface area contributed by atoms with E-state index >= 15 is 0 Å². The van der Waals surface area contributed by atoms with Gasteiger partial charge in [0.1, 0.15) is 29.4 Å². The summed E-state index contributed by atoms with van der Waals surface area (Å²) in [6.07, 6.45) is 1.91. The number of fused-ring (bicyclic) bond motifs is 1. The number of halogens is 1. The Morgan fingerprint density at radius 1 is 1.11 bits per heavy atom. The maximum absolute atomic E-state index is 13.6. The highest BCUT2D eigenvalue weighted by Crippen LogP contribution is 2.32. The fourth-order valence-corrected chi connectivity index (χ4v) is 4.06. The van der Waals surface area contributed by atoms with E-state index in [0.29, 0.717) is 51.1 Å². The SMILES string of the molecule is CCc1nnc(-c2c(N)ncnc2N[C@@H](C)c2nc3cccc(Cl)c3c(=O)n2-c2ccccc2)o1. The van der Waals surface area contributed by atoms with Gasteiger partial charge in [0.25, 0.3) is 11.4 Å². The van der Waals surface area contributed by atoms with Gasteiger partial charge in [0.15, 0.2) is 0 Å². The molecule has 3 N–H and O–H groups in total. The highest BCUT2D eigenvalue weighted by atomic mass is 35.5. The van der Waals surface area contributed by atoms with Gasteiger partial charge in [0.05, 0.1) is 27.7 Å². The molecule has 0 bridgehead atoms. The van der Waals surface area contributed by atoms with Gasteiger partial charge in [-0.1, -0.05) is 42.8 Å². The van der Waals surface area contributed by atoms with Crippen LogP contribution >= 0.6 is 11.6 Å². The molecular weight excluding hydrogens is 468 g/mol. The number of nitrogen functional groups attached to an aromatic ring is 1. The summed E-state index contributed by atoms with van der Waals surface area (Å²) < 4.78 is 7.24. The van der Waals surface area contributed by atoms with E-state index in [-0.39, 0.29) is 17.3 Å². The van der Waals surface area contributed by atoms with Crippen molar-refractivity contribution in [2.45, 2.75) is 26.3 Å². The van der Waals surface area contributed by atoms with Crippen molar-refractivity contribution in [3.63, 3.8) is 0 Å². The second-order valence-corrected chi connectivity index (χ2v) is 8.19. The fourth-order valence-electron chi connectivity index (χ4n) is 3.81. The first-order valence-corrected chi connectivity index (χ1v) is 11.3. The standard InChI is InChI=1S/C24H21ClN8O2/c1-3-17-31-32-23(35-17)19-20(26)27-12-28-21(19)29-13(2)22-30-16-11-7-10-15(25)18(16)24(34)33(22)14-8-5-4-6-9-14/h4-13H,3H2,1-2H3,(H3,26,27,28,29)/t13-/m0/s1. The highest BCUT2D eigenvalue weighted by Gasteiger charge is 2.23. The van der Waals surface area contributed by atoms with E-state index in [1.807, 2.05) is 44.2 Å². The molecule has 2 aromatic carbocycles. The lowest BCUT2D eigenvalue weighted by Gasteiger charge is -2.21. The number of aryl methyl sites for hydroxylation is 1. The minimum atomic E-state index is -0.493. The number of nitrogens with zero attached hydrogens (tertiary/aromatic N) is 6. The van der Waals surface area contributed by atoms with Crippen LogP contribution in [0.3, 0.4) is 0 Å². The van der Waals surface area contributed by atoms with Gasteiger partial charge in [-0.25, -0.2) is 15.0 Å². The van der Waals surface area contributed by atoms with E-state index in [1.54, 1.807) is 18.2 Å². The molecule has 11 heteroatoms. The van der Waals surface area contributed by atoms with E-state index < -0.39 is 6.04 Å². The molecule has 0 amide bonds. The number of nitrogens with two attached hydrogens (primary N) is 1. The molecule has 0 fully saturated rings. The Balaban J connectivity index is 1.66. The molecule has 0 radical (unpaired) electrons. The molecule has 0 saturated carbocycles. The van der Waals surface area contributed by atoms with E-state index in [9.17, 15) is 4.79 Å². The van der Waals surface area contributed by atoms with E-state index in [4.69, 9.17) is 26.7 Å². The fraction of sp³-hybridized carbons (Fsp3) is 0.167. The van der Waals surface area contributed by atoms with Crippen LogP contribution in [0.2, 0.25) is 5.02 Å². The van der Waals surface area contributed by atoms with Crippen molar-refractivity contribution < 1.29 is 4.42 Å². The van der Waals surface area contributed by atoms with Gasteiger partial charge in [-0.2, -0.15) is 0 Å². The molecule has 3 aromatic heterocycles. The Morgan fingerprint density at radius 2 is 1.91 bits per heavy atom. The second kappa shape index (κ2) is 9.15. The van der Waals surface area contributed by atoms with Crippen molar-refractivity contribution in [2.75, 3.05) is 11.1 Å². The molecule has 5 aromatic rings. The lowest BCUT2D eigenvalue weighted by atomic mass is 10.2. The Labute approximate surface area is 204 Å². The van der Waals surface area contributed by atoms with Crippen molar-refractivity contribution in [3.05, 3.63) is 81.9 Å². The molecule has 176 valence electrons. The molecule has 0 saturated heterocycles. The van der Waals surface area contributed by atoms with Crippen LogP contribution < -0.4 is 16.6 Å². The third kappa shape index (κ3) is 4.08. The maximum atomic E-state index is 13.6. The van der Waals surface area contributed by atoms with Crippen LogP contribution in [-0.4, -0.2) is 29.7 Å². The average Bonchev–Trinajstić information content (AvgIpc) is 3.33. The minimum Gasteiger partial charge on any atom is -0.420 e. The van der Waals surface area contributed by atoms with Gasteiger partial charge in [0.2, 0.25) is 5.89 Å². The third-order valence-corrected chi connectivity index (χ3v) is 5.80. The summed E-state index contributed by atoms with van der Waals surface area (Å²) >= 11 is 6.38. The first kappa shape index (κ1) is 22.5. The number of aromatic nitrogens is 6. The third-order valence-electron chi connectivity index (χ3n) is 5.49. The summed E-state index contributed by atoms with van der Waals surface area (Å²) in [5.41, 5.74) is 7.40. The summed E-state index contributed by atoms with van der Waals surface area (Å²) in [6.45, 7) is 3.77. The zero-order valence-corrected chi connectivity index (χ0v) is 19.7. The summed E-state index contributed by atoms with van der Waals surface area (Å²) in [5, 5.41) is 12.1. The first-order chi connectivity index (χ1) is 17.0. The second-order valence-electron chi connectivity index (χ2n) is 7.78. The lowest BCUT2D eigenvalue weighted by molar-refractivity contribution is 0.512. The summed E-state index contributed by atoms with van der Waals surface area (Å²) in [4.78, 5) is 26.9. The van der Waals surface area contributed by atoms with Gasteiger partial charge in [0, 0.05) is 6.42 Å². The van der Waals surface area contributed by atoms with Crippen molar-refractivity contribution in [1.29, 1.82) is 0 Å². The first-order valence-electron chi connectivity index (χ1n) is 10.9. The minimum absolute atomic E-state index is 0.180. The van der Waals surface area contributed by atoms with Gasteiger partial charge in [-0.05, 0) is 31.2 Å². The predicted molar refractivity (Wildman–Crippen MR) is 134 cm³/mol. The van der Waals surface area contributed by atoms with E-state index in [0.717, 1.165) is 0 Å². The highest BCUT2D eigenvalue weighted by molar-refractivity contribution is 6.35. The number of benzene rings is 2. The molecule has 5 rings (SSSR count). The zero-order valence-electron chi connectivity index (χ0n) is 18.9. The van der Waals surface area contributed by atoms with Crippen molar-refractivity contribution in [3.8, 4) is 17.1 Å². The number of nitrogens with one attached hydrogen (secondary N) is 1. The van der Waals surface area contributed by atoms with Crippen LogP contribution in [0.5, 0.6) is 0 Å². The zero-order chi connectivity index (χ0) is 24.5. The van der Waals surface area contributed by atoms with Crippen LogP contribution in [0, 0.1) is 0 Å². The molecule has 0 aliphatic heterocycles. The molecular formula is C24H21ClN8O2. The molecule has 0 unspecified atom stereocenters. The molecule has 35 heavy (non-hydrogen) atoms. The number of hydrogen-bond donors (Lipinski definition) is 2. The van der Waals surface area contributed by atoms with Crippen molar-refractivity contribution in [1.82, 2.24) is 29.7 Å². The summed E-state index contributed by atoms with van der Waals surface area (Å²) in [7, 11) is 0.